The third-order valence-electron chi connectivity index (χ3n) is 3.88. The second-order valence-corrected chi connectivity index (χ2v) is 6.35. The minimum Gasteiger partial charge on any atom is -0.336 e. The smallest absolute Gasteiger partial charge is 0.254 e. The van der Waals surface area contributed by atoms with E-state index in [1.165, 1.54) is 5.56 Å². The zero-order chi connectivity index (χ0) is 15.4. The molecular formula is C17H18BrN3O. The zero-order valence-corrected chi connectivity index (χ0v) is 13.9. The Hall–Kier alpha value is -1.72. The summed E-state index contributed by atoms with van der Waals surface area (Å²) in [4.78, 5) is 20.6. The third-order valence-corrected chi connectivity index (χ3v) is 4.38. The van der Waals surface area contributed by atoms with Crippen LogP contribution < -0.4 is 0 Å². The number of nitrogens with zero attached hydrogens (tertiary/aromatic N) is 3. The zero-order valence-electron chi connectivity index (χ0n) is 12.3. The summed E-state index contributed by atoms with van der Waals surface area (Å²) < 4.78 is 1.11. The normalized spacial score (nSPS) is 15.8. The van der Waals surface area contributed by atoms with Crippen LogP contribution >= 0.6 is 15.9 Å². The molecule has 22 heavy (non-hydrogen) atoms. The first-order chi connectivity index (χ1) is 10.7. The maximum atomic E-state index is 12.4. The molecule has 0 unspecified atom stereocenters. The van der Waals surface area contributed by atoms with Gasteiger partial charge in [0, 0.05) is 55.2 Å². The number of carbonyl (C=O) groups excluding carboxylic acids is 1. The molecule has 1 aliphatic heterocycles. The summed E-state index contributed by atoms with van der Waals surface area (Å²) in [5.41, 5.74) is 2.01. The Kier molecular flexibility index (Phi) is 4.85. The van der Waals surface area contributed by atoms with E-state index in [9.17, 15) is 4.79 Å². The Morgan fingerprint density at radius 2 is 1.82 bits per heavy atom. The number of piperazine rings is 1. The summed E-state index contributed by atoms with van der Waals surface area (Å²) in [5, 5.41) is 0. The van der Waals surface area contributed by atoms with Gasteiger partial charge in [-0.15, -0.1) is 0 Å². The van der Waals surface area contributed by atoms with E-state index in [1.807, 2.05) is 11.0 Å². The molecule has 1 aromatic heterocycles. The number of pyridine rings is 1. The molecule has 1 aliphatic rings. The summed E-state index contributed by atoms with van der Waals surface area (Å²) in [6.45, 7) is 4.29. The molecule has 0 atom stereocenters. The molecule has 1 aromatic carbocycles. The van der Waals surface area contributed by atoms with Crippen LogP contribution in [-0.4, -0.2) is 46.9 Å². The summed E-state index contributed by atoms with van der Waals surface area (Å²) in [7, 11) is 0. The van der Waals surface area contributed by atoms with E-state index in [0.29, 0.717) is 0 Å². The lowest BCUT2D eigenvalue weighted by Crippen LogP contribution is -2.48. The molecule has 0 spiro atoms. The van der Waals surface area contributed by atoms with E-state index in [-0.39, 0.29) is 5.91 Å². The van der Waals surface area contributed by atoms with Crippen molar-refractivity contribution in [2.45, 2.75) is 6.54 Å². The standard InChI is InChI=1S/C17H18BrN3O/c18-16-3-1-2-14(12-16)13-20-8-10-21(11-9-20)17(22)15-4-6-19-7-5-15/h1-7,12H,8-11,13H2. The Balaban J connectivity index is 1.55. The molecule has 0 N–H and O–H groups in total. The predicted octanol–water partition coefficient (Wildman–Crippen LogP) is 2.80. The van der Waals surface area contributed by atoms with Gasteiger partial charge in [-0.25, -0.2) is 0 Å². The number of benzene rings is 1. The van der Waals surface area contributed by atoms with E-state index in [0.717, 1.165) is 42.8 Å². The van der Waals surface area contributed by atoms with E-state index in [1.54, 1.807) is 24.5 Å². The summed E-state index contributed by atoms with van der Waals surface area (Å²) in [6, 6.07) is 11.9. The van der Waals surface area contributed by atoms with E-state index in [2.05, 4.69) is 44.0 Å². The van der Waals surface area contributed by atoms with Crippen LogP contribution in [0.3, 0.4) is 0 Å². The van der Waals surface area contributed by atoms with E-state index in [4.69, 9.17) is 0 Å². The average Bonchev–Trinajstić information content (AvgIpc) is 2.56. The number of hydrogen-bond donors (Lipinski definition) is 0. The van der Waals surface area contributed by atoms with Gasteiger partial charge >= 0.3 is 0 Å². The fourth-order valence-electron chi connectivity index (χ4n) is 2.68. The molecule has 1 fully saturated rings. The topological polar surface area (TPSA) is 36.4 Å². The molecule has 3 rings (SSSR count). The van der Waals surface area contributed by atoms with Gasteiger partial charge in [0.05, 0.1) is 0 Å². The fraction of sp³-hybridized carbons (Fsp3) is 0.294. The minimum atomic E-state index is 0.101. The van der Waals surface area contributed by atoms with Crippen LogP contribution in [-0.2, 0) is 6.54 Å². The van der Waals surface area contributed by atoms with Crippen LogP contribution in [0.5, 0.6) is 0 Å². The highest BCUT2D eigenvalue weighted by atomic mass is 79.9. The maximum absolute atomic E-state index is 12.4. The first-order valence-electron chi connectivity index (χ1n) is 7.38. The van der Waals surface area contributed by atoms with Crippen LogP contribution in [0.25, 0.3) is 0 Å². The molecule has 0 aliphatic carbocycles. The second kappa shape index (κ2) is 7.03. The largest absolute Gasteiger partial charge is 0.336 e. The first-order valence-corrected chi connectivity index (χ1v) is 8.18. The second-order valence-electron chi connectivity index (χ2n) is 5.43. The summed E-state index contributed by atoms with van der Waals surface area (Å²) >= 11 is 3.50. The number of amides is 1. The van der Waals surface area contributed by atoms with Gasteiger partial charge in [0.25, 0.3) is 5.91 Å². The SMILES string of the molecule is O=C(c1ccncc1)N1CCN(Cc2cccc(Br)c2)CC1. The Bertz CT molecular complexity index is 639. The highest BCUT2D eigenvalue weighted by Gasteiger charge is 2.21. The van der Waals surface area contributed by atoms with Crippen molar-refractivity contribution in [2.75, 3.05) is 26.2 Å². The number of carbonyl (C=O) groups is 1. The van der Waals surface area contributed by atoms with E-state index >= 15 is 0 Å². The highest BCUT2D eigenvalue weighted by molar-refractivity contribution is 9.10. The number of rotatable bonds is 3. The molecule has 0 bridgehead atoms. The molecule has 2 aromatic rings. The predicted molar refractivity (Wildman–Crippen MR) is 89.6 cm³/mol. The Morgan fingerprint density at radius 3 is 2.50 bits per heavy atom. The van der Waals surface area contributed by atoms with Gasteiger partial charge in [-0.3, -0.25) is 14.7 Å². The van der Waals surface area contributed by atoms with Crippen LogP contribution in [0.2, 0.25) is 0 Å². The van der Waals surface area contributed by atoms with Crippen LogP contribution in [0, 0.1) is 0 Å². The third kappa shape index (κ3) is 3.72. The van der Waals surface area contributed by atoms with Gasteiger partial charge < -0.3 is 4.90 Å². The highest BCUT2D eigenvalue weighted by Crippen LogP contribution is 2.15. The summed E-state index contributed by atoms with van der Waals surface area (Å²) in [5.74, 6) is 0.101. The first kappa shape index (κ1) is 15.2. The quantitative estimate of drug-likeness (QED) is 0.845. The van der Waals surface area contributed by atoms with Gasteiger partial charge in [0.2, 0.25) is 0 Å². The molecule has 5 heteroatoms. The lowest BCUT2D eigenvalue weighted by atomic mass is 10.2. The number of aromatic nitrogens is 1. The van der Waals surface area contributed by atoms with Gasteiger partial charge in [-0.2, -0.15) is 0 Å². The number of halogens is 1. The maximum Gasteiger partial charge on any atom is 0.254 e. The van der Waals surface area contributed by atoms with Crippen LogP contribution in [0.15, 0.2) is 53.3 Å². The van der Waals surface area contributed by atoms with Crippen molar-refractivity contribution in [3.05, 3.63) is 64.4 Å². The van der Waals surface area contributed by atoms with Crippen molar-refractivity contribution < 1.29 is 4.79 Å². The van der Waals surface area contributed by atoms with E-state index < -0.39 is 0 Å². The fourth-order valence-corrected chi connectivity index (χ4v) is 3.13. The summed E-state index contributed by atoms with van der Waals surface area (Å²) in [6.07, 6.45) is 3.33. The van der Waals surface area contributed by atoms with Crippen molar-refractivity contribution in [3.63, 3.8) is 0 Å². The molecule has 1 saturated heterocycles. The van der Waals surface area contributed by atoms with Crippen LogP contribution in [0.1, 0.15) is 15.9 Å². The molecule has 1 amide bonds. The van der Waals surface area contributed by atoms with Gasteiger partial charge in [-0.05, 0) is 29.8 Å². The number of hydrogen-bond acceptors (Lipinski definition) is 3. The lowest BCUT2D eigenvalue weighted by Gasteiger charge is -2.34. The van der Waals surface area contributed by atoms with Crippen molar-refractivity contribution in [1.29, 1.82) is 0 Å². The molecule has 4 nitrogen and oxygen atoms in total. The van der Waals surface area contributed by atoms with Crippen molar-refractivity contribution in [2.24, 2.45) is 0 Å². The van der Waals surface area contributed by atoms with Crippen molar-refractivity contribution in [1.82, 2.24) is 14.8 Å². The average molecular weight is 360 g/mol. The van der Waals surface area contributed by atoms with Crippen molar-refractivity contribution >= 4 is 21.8 Å². The van der Waals surface area contributed by atoms with Gasteiger partial charge in [0.1, 0.15) is 0 Å². The van der Waals surface area contributed by atoms with Crippen LogP contribution in [0.4, 0.5) is 0 Å². The molecule has 2 heterocycles. The lowest BCUT2D eigenvalue weighted by molar-refractivity contribution is 0.0628. The Morgan fingerprint density at radius 1 is 1.09 bits per heavy atom. The minimum absolute atomic E-state index is 0.101. The van der Waals surface area contributed by atoms with Crippen molar-refractivity contribution in [3.8, 4) is 0 Å². The Labute approximate surface area is 138 Å². The molecule has 114 valence electrons. The molecule has 0 radical (unpaired) electrons. The molecule has 0 saturated carbocycles. The molecular weight excluding hydrogens is 342 g/mol. The monoisotopic (exact) mass is 359 g/mol. The van der Waals surface area contributed by atoms with Gasteiger partial charge in [0.15, 0.2) is 0 Å². The van der Waals surface area contributed by atoms with Gasteiger partial charge in [-0.1, -0.05) is 28.1 Å².